The summed E-state index contributed by atoms with van der Waals surface area (Å²) < 4.78 is 25.4. The number of benzene rings is 1. The number of carbonyl (C=O) groups excluding carboxylic acids is 1. The van der Waals surface area contributed by atoms with E-state index < -0.39 is 11.8 Å². The minimum absolute atomic E-state index is 0.0560. The Hall–Kier alpha value is -2.40. The molecule has 7 aromatic rings. The lowest BCUT2D eigenvalue weighted by Crippen LogP contribution is -2.12. The van der Waals surface area contributed by atoms with E-state index in [0.29, 0.717) is 17.2 Å². The summed E-state index contributed by atoms with van der Waals surface area (Å²) in [5.74, 6) is 0.451. The molecule has 0 spiro atoms. The normalized spacial score (nSPS) is 12.7. The molecule has 0 aliphatic heterocycles. The van der Waals surface area contributed by atoms with Gasteiger partial charge in [-0.15, -0.1) is 68.0 Å². The molecule has 0 amide bonds. The Morgan fingerprint density at radius 2 is 1.28 bits per heavy atom. The van der Waals surface area contributed by atoms with Crippen LogP contribution in [0.5, 0.6) is 0 Å². The molecule has 6 aromatic heterocycles. The van der Waals surface area contributed by atoms with E-state index >= 15 is 4.39 Å². The molecule has 0 bridgehead atoms. The van der Waals surface area contributed by atoms with Crippen molar-refractivity contribution < 1.29 is 13.9 Å². The van der Waals surface area contributed by atoms with Gasteiger partial charge < -0.3 is 4.74 Å². The van der Waals surface area contributed by atoms with Crippen LogP contribution in [0.15, 0.2) is 36.4 Å². The molecule has 0 fully saturated rings. The smallest absolute Gasteiger partial charge is 0.351 e. The van der Waals surface area contributed by atoms with Crippen LogP contribution in [0.3, 0.4) is 0 Å². The largest absolute Gasteiger partial charge is 0.461 e. The third-order valence-electron chi connectivity index (χ3n) is 10.0. The van der Waals surface area contributed by atoms with Crippen molar-refractivity contribution in [2.24, 2.45) is 17.8 Å². The summed E-state index contributed by atoms with van der Waals surface area (Å²) in [6, 6.07) is 14.2. The van der Waals surface area contributed by atoms with E-state index in [1.807, 2.05) is 59.2 Å². The molecule has 0 saturated heterocycles. The van der Waals surface area contributed by atoms with Crippen molar-refractivity contribution in [3.05, 3.63) is 66.6 Å². The molecular weight excluding hydrogens is 784 g/mol. The van der Waals surface area contributed by atoms with Crippen LogP contribution in [0.2, 0.25) is 0 Å². The fourth-order valence-electron chi connectivity index (χ4n) is 6.93. The second kappa shape index (κ2) is 15.5. The monoisotopic (exact) mass is 834 g/mol. The van der Waals surface area contributed by atoms with E-state index in [1.54, 1.807) is 11.3 Å². The Morgan fingerprint density at radius 3 is 1.81 bits per heavy atom. The van der Waals surface area contributed by atoms with Crippen LogP contribution in [0, 0.1) is 23.6 Å². The summed E-state index contributed by atoms with van der Waals surface area (Å²) in [6.07, 6.45) is 3.19. The number of thiophene rings is 6. The lowest BCUT2D eigenvalue weighted by molar-refractivity contribution is 0.0460. The Bertz CT molecular complexity index is 2370. The first-order valence-electron chi connectivity index (χ1n) is 19.2. The van der Waals surface area contributed by atoms with Gasteiger partial charge in [0, 0.05) is 70.8 Å². The van der Waals surface area contributed by atoms with E-state index in [2.05, 4.69) is 98.7 Å². The molecule has 0 saturated carbocycles. The van der Waals surface area contributed by atoms with E-state index in [4.69, 9.17) is 4.74 Å². The fourth-order valence-corrected chi connectivity index (χ4v) is 15.0. The number of esters is 1. The molecule has 54 heavy (non-hydrogen) atoms. The average molecular weight is 835 g/mol. The van der Waals surface area contributed by atoms with Gasteiger partial charge in [-0.25, -0.2) is 9.18 Å². The number of hydrogen-bond acceptors (Lipinski definition) is 8. The molecule has 9 heteroatoms. The van der Waals surface area contributed by atoms with Crippen LogP contribution in [0.25, 0.3) is 60.9 Å². The third kappa shape index (κ3) is 7.43. The van der Waals surface area contributed by atoms with Gasteiger partial charge in [0.1, 0.15) is 4.88 Å². The Morgan fingerprint density at radius 1 is 0.704 bits per heavy atom. The predicted molar refractivity (Wildman–Crippen MR) is 242 cm³/mol. The zero-order valence-electron chi connectivity index (χ0n) is 33.2. The van der Waals surface area contributed by atoms with Crippen molar-refractivity contribution in [1.29, 1.82) is 0 Å². The van der Waals surface area contributed by atoms with Gasteiger partial charge in [-0.3, -0.25) is 0 Å². The second-order valence-corrected chi connectivity index (χ2v) is 23.3. The molecule has 286 valence electrons. The lowest BCUT2D eigenvalue weighted by atomic mass is 9.88. The summed E-state index contributed by atoms with van der Waals surface area (Å²) >= 11 is 10.6. The van der Waals surface area contributed by atoms with Gasteiger partial charge in [0.05, 0.1) is 16.2 Å². The maximum absolute atomic E-state index is 16.3. The molecule has 1 aromatic carbocycles. The van der Waals surface area contributed by atoms with Gasteiger partial charge in [0.2, 0.25) is 0 Å². The predicted octanol–water partition coefficient (Wildman–Crippen LogP) is 16.7. The summed E-state index contributed by atoms with van der Waals surface area (Å²) in [4.78, 5) is 23.3. The molecule has 6 heterocycles. The van der Waals surface area contributed by atoms with Crippen LogP contribution >= 0.6 is 68.0 Å². The van der Waals surface area contributed by atoms with Crippen LogP contribution in [-0.4, -0.2) is 12.6 Å². The highest BCUT2D eigenvalue weighted by atomic mass is 32.1. The van der Waals surface area contributed by atoms with Crippen LogP contribution in [-0.2, 0) is 23.0 Å². The number of halogens is 1. The number of carbonyl (C=O) groups is 1. The van der Waals surface area contributed by atoms with Gasteiger partial charge >= 0.3 is 5.97 Å². The van der Waals surface area contributed by atoms with Crippen LogP contribution in [0.4, 0.5) is 4.39 Å². The van der Waals surface area contributed by atoms with E-state index in [-0.39, 0.29) is 28.7 Å². The molecule has 0 aliphatic rings. The Labute approximate surface area is 344 Å². The van der Waals surface area contributed by atoms with E-state index in [9.17, 15) is 4.79 Å². The SMILES string of the molecule is CCC(C)(C)c1cc2c(-c3ccc(CC(C)C)s3)c3sc(-c4sc(C(C)C)c5c(F)c(C(=O)OCC(C)C)sc45)cc3c(-c3ccc(CC(C)C)s3)c2s1. The highest BCUT2D eigenvalue weighted by molar-refractivity contribution is 7.32. The van der Waals surface area contributed by atoms with Gasteiger partial charge in [0.15, 0.2) is 5.82 Å². The van der Waals surface area contributed by atoms with Crippen molar-refractivity contribution in [3.8, 4) is 30.6 Å². The first-order valence-corrected chi connectivity index (χ1v) is 24.1. The first kappa shape index (κ1) is 39.8. The number of ether oxygens (including phenoxy) is 1. The molecule has 0 aliphatic carbocycles. The molecule has 0 N–H and O–H groups in total. The maximum Gasteiger partial charge on any atom is 0.351 e. The lowest BCUT2D eigenvalue weighted by Gasteiger charge is -2.20. The third-order valence-corrected chi connectivity index (χ3v) is 17.9. The summed E-state index contributed by atoms with van der Waals surface area (Å²) in [7, 11) is 0. The highest BCUT2D eigenvalue weighted by Gasteiger charge is 2.31. The number of hydrogen-bond donors (Lipinski definition) is 0. The van der Waals surface area contributed by atoms with Gasteiger partial charge in [-0.1, -0.05) is 76.2 Å². The topological polar surface area (TPSA) is 26.3 Å². The molecule has 2 nitrogen and oxygen atoms in total. The summed E-state index contributed by atoms with van der Waals surface area (Å²) in [5.41, 5.74) is 2.70. The van der Waals surface area contributed by atoms with Crippen molar-refractivity contribution in [2.45, 2.75) is 107 Å². The Kier molecular flexibility index (Phi) is 11.4. The van der Waals surface area contributed by atoms with E-state index in [1.165, 1.54) is 67.0 Å². The highest BCUT2D eigenvalue weighted by Crippen LogP contribution is 2.56. The van der Waals surface area contributed by atoms with Gasteiger partial charge in [0.25, 0.3) is 0 Å². The minimum atomic E-state index is -0.565. The second-order valence-electron chi connectivity index (χ2n) is 16.8. The standard InChI is InChI=1S/C45H51FO2S6/c1-12-45(10,11)33-20-29-35(31-16-14-27(50-31)18-23(4)5)39-28(34(40(29)52-33)30-15-13-26(49-30)17-22(2)3)19-32(51-39)41-42-36(38(53-41)25(8)9)37(46)43(54-42)44(47)48-21-24(6)7/h13-16,19-20,22-25H,12,17-18,21H2,1-11H3. The fraction of sp³-hybridized carbons (Fsp3) is 0.444. The van der Waals surface area contributed by atoms with Crippen molar-refractivity contribution in [2.75, 3.05) is 6.61 Å². The molecule has 7 rings (SSSR count). The minimum Gasteiger partial charge on any atom is -0.461 e. The number of fused-ring (bicyclic) bond motifs is 3. The Balaban J connectivity index is 1.54. The quantitative estimate of drug-likeness (QED) is 0.108. The zero-order valence-corrected chi connectivity index (χ0v) is 38.1. The van der Waals surface area contributed by atoms with Crippen molar-refractivity contribution in [1.82, 2.24) is 0 Å². The molecule has 0 unspecified atom stereocenters. The van der Waals surface area contributed by atoms with Crippen molar-refractivity contribution in [3.63, 3.8) is 0 Å². The van der Waals surface area contributed by atoms with E-state index in [0.717, 1.165) is 38.6 Å². The molecule has 0 radical (unpaired) electrons. The zero-order chi connectivity index (χ0) is 38.8. The van der Waals surface area contributed by atoms with Crippen LogP contribution in [0.1, 0.15) is 118 Å². The van der Waals surface area contributed by atoms with Gasteiger partial charge in [-0.05, 0) is 84.7 Å². The summed E-state index contributed by atoms with van der Waals surface area (Å²) in [5, 5.41) is 3.18. The average Bonchev–Trinajstić information content (AvgIpc) is 3.94. The number of rotatable bonds is 13. The maximum atomic E-state index is 16.3. The molecule has 0 atom stereocenters. The van der Waals surface area contributed by atoms with Gasteiger partial charge in [-0.2, -0.15) is 0 Å². The first-order chi connectivity index (χ1) is 25.6. The molecular formula is C45H51FO2S6. The van der Waals surface area contributed by atoms with Crippen LogP contribution < -0.4 is 0 Å². The summed E-state index contributed by atoms with van der Waals surface area (Å²) in [6.45, 7) is 24.7. The van der Waals surface area contributed by atoms with Crippen molar-refractivity contribution >= 4 is 104 Å².